The van der Waals surface area contributed by atoms with Gasteiger partial charge in [0.15, 0.2) is 0 Å². The summed E-state index contributed by atoms with van der Waals surface area (Å²) in [7, 11) is 3.23. The van der Waals surface area contributed by atoms with Crippen LogP contribution in [0.25, 0.3) is 0 Å². The fourth-order valence-electron chi connectivity index (χ4n) is 1.95. The van der Waals surface area contributed by atoms with E-state index in [9.17, 15) is 4.79 Å². The Balaban J connectivity index is 2.59. The Morgan fingerprint density at radius 3 is 2.64 bits per heavy atom. The van der Waals surface area contributed by atoms with Gasteiger partial charge in [0.25, 0.3) is 0 Å². The van der Waals surface area contributed by atoms with Crippen LogP contribution in [0.15, 0.2) is 16.6 Å². The lowest BCUT2D eigenvalue weighted by Crippen LogP contribution is -2.41. The van der Waals surface area contributed by atoms with E-state index in [-0.39, 0.29) is 5.91 Å². The fourth-order valence-corrected chi connectivity index (χ4v) is 2.92. The number of nitrogens with one attached hydrogen (secondary N) is 1. The molecule has 22 heavy (non-hydrogen) atoms. The number of carbonyl (C=O) groups is 1. The molecule has 0 aliphatic carbocycles. The van der Waals surface area contributed by atoms with Crippen molar-refractivity contribution in [3.63, 3.8) is 0 Å². The molecule has 1 aromatic rings. The minimum Gasteiger partial charge on any atom is -0.496 e. The van der Waals surface area contributed by atoms with E-state index in [0.29, 0.717) is 19.4 Å². The first-order chi connectivity index (χ1) is 10.5. The molecule has 5 nitrogen and oxygen atoms in total. The van der Waals surface area contributed by atoms with Gasteiger partial charge in [0, 0.05) is 6.54 Å². The van der Waals surface area contributed by atoms with Gasteiger partial charge < -0.3 is 20.5 Å². The molecule has 1 aromatic carbocycles. The summed E-state index contributed by atoms with van der Waals surface area (Å²) in [5.74, 6) is 2.26. The third kappa shape index (κ3) is 5.70. The van der Waals surface area contributed by atoms with Crippen molar-refractivity contribution in [1.82, 2.24) is 5.32 Å². The van der Waals surface area contributed by atoms with Gasteiger partial charge in [-0.3, -0.25) is 4.79 Å². The molecule has 1 rings (SSSR count). The number of benzene rings is 1. The van der Waals surface area contributed by atoms with E-state index in [0.717, 1.165) is 27.3 Å². The van der Waals surface area contributed by atoms with Crippen LogP contribution in [0.5, 0.6) is 11.5 Å². The quantitative estimate of drug-likeness (QED) is 0.675. The van der Waals surface area contributed by atoms with Gasteiger partial charge in [-0.25, -0.2) is 0 Å². The van der Waals surface area contributed by atoms with Gasteiger partial charge in [-0.05, 0) is 58.5 Å². The van der Waals surface area contributed by atoms with Crippen LogP contribution >= 0.6 is 27.7 Å². The maximum atomic E-state index is 11.9. The molecule has 0 heterocycles. The summed E-state index contributed by atoms with van der Waals surface area (Å²) in [5, 5.41) is 2.86. The molecule has 124 valence electrons. The number of halogens is 1. The fraction of sp³-hybridized carbons (Fsp3) is 0.533. The zero-order valence-electron chi connectivity index (χ0n) is 13.1. The lowest BCUT2D eigenvalue weighted by molar-refractivity contribution is -0.122. The normalized spacial score (nSPS) is 11.9. The summed E-state index contributed by atoms with van der Waals surface area (Å²) >= 11 is 5.11. The number of carbonyl (C=O) groups excluding carboxylic acids is 1. The average molecular weight is 391 g/mol. The van der Waals surface area contributed by atoms with E-state index in [1.54, 1.807) is 26.0 Å². The maximum Gasteiger partial charge on any atom is 0.236 e. The molecule has 0 saturated heterocycles. The summed E-state index contributed by atoms with van der Waals surface area (Å²) in [4.78, 5) is 11.9. The van der Waals surface area contributed by atoms with E-state index in [4.69, 9.17) is 15.2 Å². The summed E-state index contributed by atoms with van der Waals surface area (Å²) in [6.07, 6.45) is 3.33. The SMILES string of the molecule is COc1cc(CCNC(=O)[C@@H](N)CCSC)c(OC)cc1Br. The van der Waals surface area contributed by atoms with Crippen LogP contribution in [0, 0.1) is 0 Å². The summed E-state index contributed by atoms with van der Waals surface area (Å²) < 4.78 is 11.5. The third-order valence-corrected chi connectivity index (χ3v) is 4.48. The molecule has 3 N–H and O–H groups in total. The number of nitrogens with two attached hydrogens (primary N) is 1. The summed E-state index contributed by atoms with van der Waals surface area (Å²) in [5.41, 5.74) is 6.80. The maximum absolute atomic E-state index is 11.9. The lowest BCUT2D eigenvalue weighted by Gasteiger charge is -2.14. The van der Waals surface area contributed by atoms with Crippen LogP contribution < -0.4 is 20.5 Å². The first kappa shape index (κ1) is 19.1. The van der Waals surface area contributed by atoms with Crippen molar-refractivity contribution in [2.24, 2.45) is 5.73 Å². The van der Waals surface area contributed by atoms with Gasteiger partial charge >= 0.3 is 0 Å². The van der Waals surface area contributed by atoms with Gasteiger partial charge in [-0.1, -0.05) is 0 Å². The molecule has 0 radical (unpaired) electrons. The zero-order chi connectivity index (χ0) is 16.5. The van der Waals surface area contributed by atoms with Gasteiger partial charge in [0.05, 0.1) is 24.7 Å². The highest BCUT2D eigenvalue weighted by atomic mass is 79.9. The van der Waals surface area contributed by atoms with Crippen LogP contribution in [-0.4, -0.2) is 44.7 Å². The van der Waals surface area contributed by atoms with Gasteiger partial charge in [-0.15, -0.1) is 0 Å². The Morgan fingerprint density at radius 1 is 1.36 bits per heavy atom. The molecule has 0 spiro atoms. The summed E-state index contributed by atoms with van der Waals surface area (Å²) in [6.45, 7) is 0.507. The van der Waals surface area contributed by atoms with Crippen LogP contribution in [0.2, 0.25) is 0 Å². The Bertz CT molecular complexity index is 500. The van der Waals surface area contributed by atoms with E-state index in [1.165, 1.54) is 0 Å². The molecular weight excluding hydrogens is 368 g/mol. The molecule has 0 aliphatic rings. The highest BCUT2D eigenvalue weighted by molar-refractivity contribution is 9.10. The second kappa shape index (κ2) is 9.97. The molecule has 0 fully saturated rings. The molecule has 0 bridgehead atoms. The number of rotatable bonds is 9. The lowest BCUT2D eigenvalue weighted by atomic mass is 10.1. The van der Waals surface area contributed by atoms with Crippen molar-refractivity contribution in [2.45, 2.75) is 18.9 Å². The van der Waals surface area contributed by atoms with Crippen LogP contribution in [0.1, 0.15) is 12.0 Å². The van der Waals surface area contributed by atoms with E-state index >= 15 is 0 Å². The van der Waals surface area contributed by atoms with Crippen molar-refractivity contribution in [1.29, 1.82) is 0 Å². The van der Waals surface area contributed by atoms with E-state index < -0.39 is 6.04 Å². The Morgan fingerprint density at radius 2 is 2.05 bits per heavy atom. The zero-order valence-corrected chi connectivity index (χ0v) is 15.6. The Labute approximate surface area is 144 Å². The molecule has 1 amide bonds. The Kier molecular flexibility index (Phi) is 8.67. The monoisotopic (exact) mass is 390 g/mol. The van der Waals surface area contributed by atoms with Crippen molar-refractivity contribution >= 4 is 33.6 Å². The smallest absolute Gasteiger partial charge is 0.236 e. The van der Waals surface area contributed by atoms with Gasteiger partial charge in [0.2, 0.25) is 5.91 Å². The first-order valence-electron chi connectivity index (χ1n) is 6.96. The highest BCUT2D eigenvalue weighted by Gasteiger charge is 2.13. The van der Waals surface area contributed by atoms with E-state index in [2.05, 4.69) is 21.2 Å². The second-order valence-electron chi connectivity index (χ2n) is 4.73. The van der Waals surface area contributed by atoms with Crippen molar-refractivity contribution in [2.75, 3.05) is 32.8 Å². The van der Waals surface area contributed by atoms with Crippen molar-refractivity contribution < 1.29 is 14.3 Å². The van der Waals surface area contributed by atoms with Gasteiger partial charge in [0.1, 0.15) is 11.5 Å². The minimum atomic E-state index is -0.450. The predicted octanol–water partition coefficient (Wildman–Crippen LogP) is 2.21. The third-order valence-electron chi connectivity index (χ3n) is 3.22. The number of methoxy groups -OCH3 is 2. The molecule has 1 atom stereocenters. The van der Waals surface area contributed by atoms with Crippen LogP contribution in [0.4, 0.5) is 0 Å². The van der Waals surface area contributed by atoms with Crippen LogP contribution in [0.3, 0.4) is 0 Å². The molecule has 0 aromatic heterocycles. The number of hydrogen-bond donors (Lipinski definition) is 2. The second-order valence-corrected chi connectivity index (χ2v) is 6.57. The van der Waals surface area contributed by atoms with Crippen molar-refractivity contribution in [3.05, 3.63) is 22.2 Å². The largest absolute Gasteiger partial charge is 0.496 e. The number of hydrogen-bond acceptors (Lipinski definition) is 5. The molecule has 0 aliphatic heterocycles. The standard InChI is InChI=1S/C15H23BrN2O3S/c1-20-13-9-11(16)14(21-2)8-10(13)4-6-18-15(19)12(17)5-7-22-3/h8-9,12H,4-7,17H2,1-3H3,(H,18,19)/t12-/m0/s1. The number of ether oxygens (including phenoxy) is 2. The van der Waals surface area contributed by atoms with Crippen molar-refractivity contribution in [3.8, 4) is 11.5 Å². The minimum absolute atomic E-state index is 0.114. The Hall–Kier alpha value is -0.920. The molecule has 7 heteroatoms. The highest BCUT2D eigenvalue weighted by Crippen LogP contribution is 2.32. The number of thioether (sulfide) groups is 1. The first-order valence-corrected chi connectivity index (χ1v) is 9.14. The topological polar surface area (TPSA) is 73.6 Å². The predicted molar refractivity (Wildman–Crippen MR) is 94.9 cm³/mol. The average Bonchev–Trinajstić information content (AvgIpc) is 2.53. The molecular formula is C15H23BrN2O3S. The number of amides is 1. The van der Waals surface area contributed by atoms with E-state index in [1.807, 2.05) is 18.4 Å². The van der Waals surface area contributed by atoms with Gasteiger partial charge in [-0.2, -0.15) is 11.8 Å². The van der Waals surface area contributed by atoms with Crippen LogP contribution in [-0.2, 0) is 11.2 Å². The molecule has 0 saturated carbocycles. The summed E-state index contributed by atoms with van der Waals surface area (Å²) in [6, 6.07) is 3.32. The molecule has 0 unspecified atom stereocenters.